The highest BCUT2D eigenvalue weighted by Crippen LogP contribution is 2.02. The average molecular weight is 420 g/mol. The first-order valence-electron chi connectivity index (χ1n) is 8.02. The Kier molecular flexibility index (Phi) is 11.2. The molecule has 0 aromatic carbocycles. The van der Waals surface area contributed by atoms with Gasteiger partial charge in [0.15, 0.2) is 0 Å². The Balaban J connectivity index is 5.32. The minimum Gasteiger partial charge on any atom is -0.480 e. The third-order valence-corrected chi connectivity index (χ3v) is 3.72. The fraction of sp³-hybridized carbons (Fsp3) is 0.571. The Morgan fingerprint density at radius 1 is 0.857 bits per heavy atom. The molecule has 0 aromatic rings. The molecular formula is C14H24N6O7S. The fourth-order valence-electron chi connectivity index (χ4n) is 1.95. The number of primary amides is 2. The largest absolute Gasteiger partial charge is 0.480 e. The standard InChI is InChI=1S/C14H24N6O7S/c15-4-11(23)18-6(1-2-9(16)21)12(24)19-7(3-10(17)22)13(25)20-8(5-28)14(26)27/h6-8,28H,1-5,15H2,(H2,16,21)(H2,17,22)(H,18,23)(H,19,24)(H,20,25)(H,26,27). The van der Waals surface area contributed by atoms with E-state index in [2.05, 4.69) is 28.6 Å². The maximum atomic E-state index is 12.4. The molecule has 13 nitrogen and oxygen atoms in total. The van der Waals surface area contributed by atoms with Gasteiger partial charge < -0.3 is 38.3 Å². The molecule has 0 saturated carbocycles. The molecule has 0 rings (SSSR count). The minimum atomic E-state index is -1.52. The van der Waals surface area contributed by atoms with Gasteiger partial charge >= 0.3 is 5.97 Å². The molecule has 14 heteroatoms. The zero-order valence-corrected chi connectivity index (χ0v) is 15.7. The van der Waals surface area contributed by atoms with Gasteiger partial charge in [-0.25, -0.2) is 4.79 Å². The maximum absolute atomic E-state index is 12.4. The van der Waals surface area contributed by atoms with Gasteiger partial charge in [0.25, 0.3) is 0 Å². The maximum Gasteiger partial charge on any atom is 0.327 e. The summed E-state index contributed by atoms with van der Waals surface area (Å²) in [6, 6.07) is -4.16. The number of aliphatic carboxylic acids is 1. The Morgan fingerprint density at radius 2 is 1.39 bits per heavy atom. The van der Waals surface area contributed by atoms with E-state index in [0.717, 1.165) is 0 Å². The monoisotopic (exact) mass is 420 g/mol. The van der Waals surface area contributed by atoms with Crippen LogP contribution < -0.4 is 33.2 Å². The van der Waals surface area contributed by atoms with Gasteiger partial charge in [0.05, 0.1) is 13.0 Å². The molecule has 0 fully saturated rings. The van der Waals surface area contributed by atoms with Crippen molar-refractivity contribution in [2.75, 3.05) is 12.3 Å². The molecule has 3 atom stereocenters. The summed E-state index contributed by atoms with van der Waals surface area (Å²) in [5.74, 6) is -5.91. The number of hydrogen-bond donors (Lipinski definition) is 8. The molecule has 0 aliphatic rings. The number of thiol groups is 1. The van der Waals surface area contributed by atoms with Crippen LogP contribution in [0.15, 0.2) is 0 Å². The summed E-state index contributed by atoms with van der Waals surface area (Å²) in [6.07, 6.45) is -1.08. The van der Waals surface area contributed by atoms with E-state index in [9.17, 15) is 28.8 Å². The number of nitrogens with two attached hydrogens (primary N) is 3. The molecule has 0 radical (unpaired) electrons. The summed E-state index contributed by atoms with van der Waals surface area (Å²) in [5, 5.41) is 15.5. The van der Waals surface area contributed by atoms with E-state index in [1.807, 2.05) is 0 Å². The summed E-state index contributed by atoms with van der Waals surface area (Å²) < 4.78 is 0. The van der Waals surface area contributed by atoms with E-state index in [-0.39, 0.29) is 18.6 Å². The highest BCUT2D eigenvalue weighted by Gasteiger charge is 2.30. The topological polar surface area (TPSA) is 237 Å². The van der Waals surface area contributed by atoms with Gasteiger partial charge in [0.2, 0.25) is 29.5 Å². The van der Waals surface area contributed by atoms with Crippen molar-refractivity contribution >= 4 is 48.1 Å². The molecular weight excluding hydrogens is 396 g/mol. The number of carboxylic acids is 1. The van der Waals surface area contributed by atoms with Gasteiger partial charge in [-0.3, -0.25) is 24.0 Å². The molecule has 0 aromatic heterocycles. The summed E-state index contributed by atoms with van der Waals surface area (Å²) in [7, 11) is 0. The summed E-state index contributed by atoms with van der Waals surface area (Å²) >= 11 is 3.79. The van der Waals surface area contributed by atoms with Crippen LogP contribution >= 0.6 is 12.6 Å². The van der Waals surface area contributed by atoms with Gasteiger partial charge in [-0.05, 0) is 6.42 Å². The first kappa shape index (κ1) is 25.1. The smallest absolute Gasteiger partial charge is 0.327 e. The van der Waals surface area contributed by atoms with Gasteiger partial charge in [0.1, 0.15) is 18.1 Å². The van der Waals surface area contributed by atoms with Gasteiger partial charge in [-0.1, -0.05) is 0 Å². The Hall–Kier alpha value is -2.87. The lowest BCUT2D eigenvalue weighted by Gasteiger charge is -2.23. The van der Waals surface area contributed by atoms with Gasteiger partial charge in [0, 0.05) is 12.2 Å². The number of nitrogens with one attached hydrogen (secondary N) is 3. The summed E-state index contributed by atoms with van der Waals surface area (Å²) in [5.41, 5.74) is 15.2. The quantitative estimate of drug-likeness (QED) is 0.135. The van der Waals surface area contributed by atoms with Crippen molar-refractivity contribution in [1.82, 2.24) is 16.0 Å². The lowest BCUT2D eigenvalue weighted by molar-refractivity contribution is -0.141. The van der Waals surface area contributed by atoms with Crippen LogP contribution in [0.5, 0.6) is 0 Å². The number of carbonyl (C=O) groups excluding carboxylic acids is 5. The molecule has 0 bridgehead atoms. The van der Waals surface area contributed by atoms with E-state index in [4.69, 9.17) is 22.3 Å². The van der Waals surface area contributed by atoms with Crippen LogP contribution in [-0.4, -0.2) is 71.0 Å². The van der Waals surface area contributed by atoms with E-state index in [1.54, 1.807) is 0 Å². The highest BCUT2D eigenvalue weighted by atomic mass is 32.1. The molecule has 0 aliphatic heterocycles. The summed E-state index contributed by atoms with van der Waals surface area (Å²) in [6.45, 7) is -0.437. The van der Waals surface area contributed by atoms with E-state index in [0.29, 0.717) is 0 Å². The van der Waals surface area contributed by atoms with Crippen molar-refractivity contribution in [1.29, 1.82) is 0 Å². The fourth-order valence-corrected chi connectivity index (χ4v) is 2.20. The Labute approximate surface area is 165 Å². The molecule has 0 heterocycles. The number of carbonyl (C=O) groups is 6. The van der Waals surface area contributed by atoms with Crippen LogP contribution in [-0.2, 0) is 28.8 Å². The summed E-state index contributed by atoms with van der Waals surface area (Å²) in [4.78, 5) is 69.3. The second-order valence-electron chi connectivity index (χ2n) is 5.64. The Morgan fingerprint density at radius 3 is 1.82 bits per heavy atom. The molecule has 5 amide bonds. The van der Waals surface area contributed by atoms with Crippen molar-refractivity contribution in [2.24, 2.45) is 17.2 Å². The predicted molar refractivity (Wildman–Crippen MR) is 98.6 cm³/mol. The second-order valence-corrected chi connectivity index (χ2v) is 6.01. The van der Waals surface area contributed by atoms with Gasteiger partial charge in [-0.15, -0.1) is 0 Å². The third-order valence-electron chi connectivity index (χ3n) is 3.35. The zero-order chi connectivity index (χ0) is 21.9. The molecule has 0 aliphatic carbocycles. The van der Waals surface area contributed by atoms with Crippen LogP contribution in [0.4, 0.5) is 0 Å². The van der Waals surface area contributed by atoms with Crippen molar-refractivity contribution in [3.63, 3.8) is 0 Å². The normalized spacial score (nSPS) is 13.5. The lowest BCUT2D eigenvalue weighted by atomic mass is 10.1. The van der Waals surface area contributed by atoms with Crippen LogP contribution in [0.25, 0.3) is 0 Å². The van der Waals surface area contributed by atoms with Crippen molar-refractivity contribution < 1.29 is 33.9 Å². The first-order valence-corrected chi connectivity index (χ1v) is 8.65. The lowest BCUT2D eigenvalue weighted by Crippen LogP contribution is -2.57. The number of amides is 5. The highest BCUT2D eigenvalue weighted by molar-refractivity contribution is 7.80. The molecule has 10 N–H and O–H groups in total. The van der Waals surface area contributed by atoms with Crippen LogP contribution in [0.3, 0.4) is 0 Å². The van der Waals surface area contributed by atoms with E-state index >= 15 is 0 Å². The zero-order valence-electron chi connectivity index (χ0n) is 14.8. The van der Waals surface area contributed by atoms with Crippen LogP contribution in [0, 0.1) is 0 Å². The molecule has 158 valence electrons. The third kappa shape index (κ3) is 9.72. The second kappa shape index (κ2) is 12.5. The van der Waals surface area contributed by atoms with Gasteiger partial charge in [-0.2, -0.15) is 12.6 Å². The van der Waals surface area contributed by atoms with Crippen LogP contribution in [0.2, 0.25) is 0 Å². The van der Waals surface area contributed by atoms with Crippen molar-refractivity contribution in [2.45, 2.75) is 37.4 Å². The first-order chi connectivity index (χ1) is 13.0. The molecule has 3 unspecified atom stereocenters. The Bertz CT molecular complexity index is 629. The molecule has 0 spiro atoms. The SMILES string of the molecule is NCC(=O)NC(CCC(N)=O)C(=O)NC(CC(N)=O)C(=O)NC(CS)C(=O)O. The van der Waals surface area contributed by atoms with E-state index in [1.165, 1.54) is 0 Å². The van der Waals surface area contributed by atoms with Crippen molar-refractivity contribution in [3.05, 3.63) is 0 Å². The predicted octanol–water partition coefficient (Wildman–Crippen LogP) is -4.45. The van der Waals surface area contributed by atoms with Crippen molar-refractivity contribution in [3.8, 4) is 0 Å². The number of carboxylic acid groups (broad SMARTS) is 1. The van der Waals surface area contributed by atoms with Crippen LogP contribution in [0.1, 0.15) is 19.3 Å². The number of hydrogen-bond acceptors (Lipinski definition) is 8. The minimum absolute atomic E-state index is 0.188. The molecule has 0 saturated heterocycles. The average Bonchev–Trinajstić information content (AvgIpc) is 2.60. The van der Waals surface area contributed by atoms with E-state index < -0.39 is 66.6 Å². The molecule has 28 heavy (non-hydrogen) atoms. The number of rotatable bonds is 13.